The third-order valence-electron chi connectivity index (χ3n) is 4.25. The third-order valence-corrected chi connectivity index (χ3v) is 5.56. The number of halogens is 1. The molecule has 1 aliphatic rings. The molecule has 0 unspecified atom stereocenters. The van der Waals surface area contributed by atoms with Gasteiger partial charge in [-0.3, -0.25) is 9.59 Å². The molecule has 0 bridgehead atoms. The second-order valence-corrected chi connectivity index (χ2v) is 7.30. The van der Waals surface area contributed by atoms with Crippen LogP contribution >= 0.6 is 11.8 Å². The number of aromatic nitrogens is 1. The average Bonchev–Trinajstić information content (AvgIpc) is 2.69. The molecular formula is C19H20FN3O3S. The van der Waals surface area contributed by atoms with E-state index in [1.807, 2.05) is 6.07 Å². The zero-order valence-corrected chi connectivity index (χ0v) is 15.6. The van der Waals surface area contributed by atoms with E-state index in [1.54, 1.807) is 30.5 Å². The van der Waals surface area contributed by atoms with Crippen molar-refractivity contribution >= 4 is 23.6 Å². The zero-order valence-electron chi connectivity index (χ0n) is 14.8. The second-order valence-electron chi connectivity index (χ2n) is 6.07. The van der Waals surface area contributed by atoms with Crippen LogP contribution in [-0.4, -0.2) is 41.0 Å². The Labute approximate surface area is 160 Å². The van der Waals surface area contributed by atoms with Crippen LogP contribution in [0.3, 0.4) is 0 Å². The third kappa shape index (κ3) is 4.77. The maximum absolute atomic E-state index is 13.8. The maximum atomic E-state index is 13.8. The molecule has 1 aromatic carbocycles. The van der Waals surface area contributed by atoms with Gasteiger partial charge in [-0.2, -0.15) is 0 Å². The summed E-state index contributed by atoms with van der Waals surface area (Å²) >= 11 is 1.36. The van der Waals surface area contributed by atoms with Gasteiger partial charge in [-0.25, -0.2) is 9.37 Å². The van der Waals surface area contributed by atoms with Crippen LogP contribution in [0.25, 0.3) is 0 Å². The summed E-state index contributed by atoms with van der Waals surface area (Å²) in [6.45, 7) is 0.255. The first kappa shape index (κ1) is 19.2. The molecule has 1 fully saturated rings. The summed E-state index contributed by atoms with van der Waals surface area (Å²) in [5.41, 5.74) is 1.25. The summed E-state index contributed by atoms with van der Waals surface area (Å²) in [6.07, 6.45) is 1.91. The van der Waals surface area contributed by atoms with Crippen LogP contribution < -0.4 is 15.4 Å². The first-order valence-electron chi connectivity index (χ1n) is 8.49. The van der Waals surface area contributed by atoms with Gasteiger partial charge in [0.15, 0.2) is 0 Å². The SMILES string of the molecule is COc1ncccc1CNC(=O)[C@@H]1CS[C@@H](Cc2ccccc2F)C(=O)N1. The van der Waals surface area contributed by atoms with E-state index in [4.69, 9.17) is 4.74 Å². The first-order valence-corrected chi connectivity index (χ1v) is 9.54. The summed E-state index contributed by atoms with van der Waals surface area (Å²) in [5.74, 6) is 0.0293. The van der Waals surface area contributed by atoms with Gasteiger partial charge in [0.1, 0.15) is 11.9 Å². The largest absolute Gasteiger partial charge is 0.481 e. The summed E-state index contributed by atoms with van der Waals surface area (Å²) in [5, 5.41) is 5.11. The molecule has 0 saturated carbocycles. The van der Waals surface area contributed by atoms with Gasteiger partial charge in [-0.1, -0.05) is 24.3 Å². The second kappa shape index (κ2) is 8.85. The predicted octanol–water partition coefficient (Wildman–Crippen LogP) is 1.69. The molecule has 0 radical (unpaired) electrons. The molecule has 2 aromatic rings. The van der Waals surface area contributed by atoms with Crippen molar-refractivity contribution in [3.63, 3.8) is 0 Å². The van der Waals surface area contributed by atoms with E-state index in [0.717, 1.165) is 5.56 Å². The van der Waals surface area contributed by atoms with Crippen LogP contribution in [0.15, 0.2) is 42.6 Å². The highest BCUT2D eigenvalue weighted by atomic mass is 32.2. The summed E-state index contributed by atoms with van der Waals surface area (Å²) in [6, 6.07) is 9.35. The van der Waals surface area contributed by atoms with Gasteiger partial charge in [0.25, 0.3) is 0 Å². The Bertz CT molecular complexity index is 833. The van der Waals surface area contributed by atoms with Crippen LogP contribution in [0.1, 0.15) is 11.1 Å². The van der Waals surface area contributed by atoms with E-state index in [1.165, 1.54) is 24.9 Å². The van der Waals surface area contributed by atoms with Crippen molar-refractivity contribution < 1.29 is 18.7 Å². The molecule has 1 aromatic heterocycles. The number of hydrogen-bond acceptors (Lipinski definition) is 5. The van der Waals surface area contributed by atoms with Gasteiger partial charge in [-0.15, -0.1) is 11.8 Å². The van der Waals surface area contributed by atoms with Crippen LogP contribution in [-0.2, 0) is 22.6 Å². The van der Waals surface area contributed by atoms with Gasteiger partial charge in [-0.05, 0) is 24.1 Å². The van der Waals surface area contributed by atoms with Crippen molar-refractivity contribution in [3.05, 3.63) is 59.5 Å². The van der Waals surface area contributed by atoms with Gasteiger partial charge in [0.05, 0.1) is 12.4 Å². The van der Waals surface area contributed by atoms with E-state index in [0.29, 0.717) is 23.6 Å². The Morgan fingerprint density at radius 3 is 2.85 bits per heavy atom. The Kier molecular flexibility index (Phi) is 6.28. The summed E-state index contributed by atoms with van der Waals surface area (Å²) < 4.78 is 18.9. The standard InChI is InChI=1S/C19H20FN3O3S/c1-26-19-13(6-4-8-21-19)10-22-17(24)15-11-27-16(18(25)23-15)9-12-5-2-3-7-14(12)20/h2-8,15-16H,9-11H2,1H3,(H,22,24)(H,23,25)/t15-,16-/m0/s1. The van der Waals surface area contributed by atoms with E-state index in [2.05, 4.69) is 15.6 Å². The molecule has 2 atom stereocenters. The molecule has 2 N–H and O–H groups in total. The Balaban J connectivity index is 1.53. The maximum Gasteiger partial charge on any atom is 0.243 e. The van der Waals surface area contributed by atoms with Crippen molar-refractivity contribution in [2.75, 3.05) is 12.9 Å². The van der Waals surface area contributed by atoms with Gasteiger partial charge >= 0.3 is 0 Å². The average molecular weight is 389 g/mol. The smallest absolute Gasteiger partial charge is 0.243 e. The minimum Gasteiger partial charge on any atom is -0.481 e. The zero-order chi connectivity index (χ0) is 19.2. The Morgan fingerprint density at radius 1 is 1.33 bits per heavy atom. The minimum absolute atomic E-state index is 0.255. The van der Waals surface area contributed by atoms with Crippen molar-refractivity contribution in [3.8, 4) is 5.88 Å². The normalized spacial score (nSPS) is 19.3. The Hall–Kier alpha value is -2.61. The molecule has 2 heterocycles. The number of rotatable bonds is 6. The first-order chi connectivity index (χ1) is 13.1. The predicted molar refractivity (Wildman–Crippen MR) is 101 cm³/mol. The van der Waals surface area contributed by atoms with E-state index >= 15 is 0 Å². The number of benzene rings is 1. The van der Waals surface area contributed by atoms with Crippen molar-refractivity contribution in [2.45, 2.75) is 24.3 Å². The monoisotopic (exact) mass is 389 g/mol. The lowest BCUT2D eigenvalue weighted by Gasteiger charge is -2.28. The molecule has 6 nitrogen and oxygen atoms in total. The topological polar surface area (TPSA) is 80.3 Å². The molecule has 1 saturated heterocycles. The van der Waals surface area contributed by atoms with Gasteiger partial charge < -0.3 is 15.4 Å². The molecule has 27 heavy (non-hydrogen) atoms. The van der Waals surface area contributed by atoms with Crippen molar-refractivity contribution in [2.24, 2.45) is 0 Å². The molecule has 142 valence electrons. The number of carbonyl (C=O) groups excluding carboxylic acids is 2. The molecule has 1 aliphatic heterocycles. The minimum atomic E-state index is -0.623. The molecular weight excluding hydrogens is 369 g/mol. The van der Waals surface area contributed by atoms with Crippen molar-refractivity contribution in [1.29, 1.82) is 0 Å². The lowest BCUT2D eigenvalue weighted by atomic mass is 10.1. The van der Waals surface area contributed by atoms with Crippen LogP contribution in [0.2, 0.25) is 0 Å². The molecule has 3 rings (SSSR count). The number of pyridine rings is 1. The fourth-order valence-electron chi connectivity index (χ4n) is 2.80. The summed E-state index contributed by atoms with van der Waals surface area (Å²) in [7, 11) is 1.52. The quantitative estimate of drug-likeness (QED) is 0.786. The Morgan fingerprint density at radius 2 is 2.11 bits per heavy atom. The highest BCUT2D eigenvalue weighted by Crippen LogP contribution is 2.23. The van der Waals surface area contributed by atoms with Crippen molar-refractivity contribution in [1.82, 2.24) is 15.6 Å². The number of ether oxygens (including phenoxy) is 1. The fourth-order valence-corrected chi connectivity index (χ4v) is 3.98. The number of thioether (sulfide) groups is 1. The van der Waals surface area contributed by atoms with E-state index in [9.17, 15) is 14.0 Å². The van der Waals surface area contributed by atoms with Gasteiger partial charge in [0, 0.05) is 24.1 Å². The van der Waals surface area contributed by atoms with Gasteiger partial charge in [0.2, 0.25) is 17.7 Å². The van der Waals surface area contributed by atoms with Crippen LogP contribution in [0, 0.1) is 5.82 Å². The number of nitrogens with one attached hydrogen (secondary N) is 2. The molecule has 0 spiro atoms. The molecule has 8 heteroatoms. The highest BCUT2D eigenvalue weighted by Gasteiger charge is 2.32. The number of amides is 2. The number of methoxy groups -OCH3 is 1. The molecule has 0 aliphatic carbocycles. The number of carbonyl (C=O) groups is 2. The lowest BCUT2D eigenvalue weighted by molar-refractivity contribution is -0.128. The highest BCUT2D eigenvalue weighted by molar-refractivity contribution is 8.00. The van der Waals surface area contributed by atoms with Crippen LogP contribution in [0.4, 0.5) is 4.39 Å². The van der Waals surface area contributed by atoms with Crippen LogP contribution in [0.5, 0.6) is 5.88 Å². The van der Waals surface area contributed by atoms with E-state index in [-0.39, 0.29) is 24.2 Å². The lowest BCUT2D eigenvalue weighted by Crippen LogP contribution is -2.54. The number of nitrogens with zero attached hydrogens (tertiary/aromatic N) is 1. The molecule has 2 amide bonds. The van der Waals surface area contributed by atoms with E-state index < -0.39 is 11.3 Å². The number of hydrogen-bond donors (Lipinski definition) is 2. The summed E-state index contributed by atoms with van der Waals surface area (Å²) in [4.78, 5) is 28.8. The fraction of sp³-hybridized carbons (Fsp3) is 0.316.